The van der Waals surface area contributed by atoms with E-state index in [9.17, 15) is 0 Å². The molecule has 1 aliphatic heterocycles. The monoisotopic (exact) mass is 390 g/mol. The van der Waals surface area contributed by atoms with Crippen molar-refractivity contribution in [3.05, 3.63) is 69.6 Å². The lowest BCUT2D eigenvalue weighted by atomic mass is 10.2. The van der Waals surface area contributed by atoms with Crippen LogP contribution in [0.5, 0.6) is 0 Å². The van der Waals surface area contributed by atoms with Crippen LogP contribution in [0.1, 0.15) is 25.3 Å². The molecule has 0 spiro atoms. The lowest BCUT2D eigenvalue weighted by Gasteiger charge is -2.05. The number of thioether (sulfide) groups is 1. The van der Waals surface area contributed by atoms with E-state index in [0.29, 0.717) is 0 Å². The van der Waals surface area contributed by atoms with E-state index in [1.54, 1.807) is 11.8 Å². The summed E-state index contributed by atoms with van der Waals surface area (Å²) >= 11 is 5.36. The minimum atomic E-state index is 0.933. The second kappa shape index (κ2) is 10.5. The van der Waals surface area contributed by atoms with Crippen molar-refractivity contribution in [2.45, 2.75) is 25.5 Å². The number of nitrogens with one attached hydrogen (secondary N) is 1. The molecule has 2 nitrogen and oxygen atoms in total. The predicted molar refractivity (Wildman–Crippen MR) is 107 cm³/mol. The van der Waals surface area contributed by atoms with Gasteiger partial charge in [0.2, 0.25) is 0 Å². The van der Waals surface area contributed by atoms with Crippen LogP contribution in [0.25, 0.3) is 0 Å². The van der Waals surface area contributed by atoms with Gasteiger partial charge in [-0.25, -0.2) is 0 Å². The Labute approximate surface area is 152 Å². The van der Waals surface area contributed by atoms with Gasteiger partial charge in [0.05, 0.1) is 0 Å². The molecule has 0 saturated carbocycles. The van der Waals surface area contributed by atoms with Crippen molar-refractivity contribution in [3.63, 3.8) is 0 Å². The largest absolute Gasteiger partial charge is 0.370 e. The van der Waals surface area contributed by atoms with Crippen molar-refractivity contribution in [1.82, 2.24) is 5.32 Å². The van der Waals surface area contributed by atoms with Crippen molar-refractivity contribution >= 4 is 33.5 Å². The molecule has 0 bridgehead atoms. The molecule has 1 N–H and O–H groups in total. The number of rotatable bonds is 6. The van der Waals surface area contributed by atoms with E-state index in [1.165, 1.54) is 28.5 Å². The molecule has 2 rings (SSSR count). The molecule has 1 aliphatic rings. The minimum Gasteiger partial charge on any atom is -0.370 e. The van der Waals surface area contributed by atoms with Gasteiger partial charge in [-0.15, -0.1) is 11.8 Å². The van der Waals surface area contributed by atoms with Crippen LogP contribution in [0.4, 0.5) is 0 Å². The van der Waals surface area contributed by atoms with Crippen LogP contribution in [0.2, 0.25) is 0 Å². The maximum atomic E-state index is 4.57. The molecule has 0 saturated heterocycles. The maximum Gasteiger partial charge on any atom is 0.123 e. The van der Waals surface area contributed by atoms with Crippen LogP contribution in [-0.4, -0.2) is 18.9 Å². The van der Waals surface area contributed by atoms with Gasteiger partial charge < -0.3 is 5.32 Å². The quantitative estimate of drug-likeness (QED) is 0.650. The molecular weight excluding hydrogens is 368 g/mol. The first kappa shape index (κ1) is 18.1. The van der Waals surface area contributed by atoms with Crippen LogP contribution in [0.3, 0.4) is 0 Å². The van der Waals surface area contributed by atoms with Gasteiger partial charge in [-0.1, -0.05) is 58.4 Å². The maximum absolute atomic E-state index is 4.57. The fourth-order valence-corrected chi connectivity index (χ4v) is 3.49. The first-order chi connectivity index (χ1) is 11.3. The summed E-state index contributed by atoms with van der Waals surface area (Å²) in [5, 5.41) is 5.51. The van der Waals surface area contributed by atoms with Gasteiger partial charge in [0.25, 0.3) is 0 Å². The number of aliphatic imine (C=N–C) groups is 1. The zero-order valence-corrected chi connectivity index (χ0v) is 15.9. The van der Waals surface area contributed by atoms with Gasteiger partial charge in [-0.05, 0) is 42.4 Å². The van der Waals surface area contributed by atoms with E-state index in [1.807, 2.05) is 6.07 Å². The Kier molecular flexibility index (Phi) is 8.26. The summed E-state index contributed by atoms with van der Waals surface area (Å²) in [5.41, 5.74) is 2.51. The number of halogens is 1. The molecular formula is C19H23BrN2S. The number of hydrogen-bond donors (Lipinski definition) is 1. The zero-order chi connectivity index (χ0) is 16.3. The smallest absolute Gasteiger partial charge is 0.123 e. The minimum absolute atomic E-state index is 0.933. The van der Waals surface area contributed by atoms with E-state index in [-0.39, 0.29) is 0 Å². The van der Waals surface area contributed by atoms with Gasteiger partial charge in [-0.3, -0.25) is 4.99 Å². The second-order valence-electron chi connectivity index (χ2n) is 5.33. The predicted octanol–water partition coefficient (Wildman–Crippen LogP) is 5.48. The summed E-state index contributed by atoms with van der Waals surface area (Å²) in [7, 11) is 0. The zero-order valence-electron chi connectivity index (χ0n) is 13.5. The standard InChI is InChI=1S/C19H23BrN2S/c1-16(19-21-12-6-7-13-22-19)9-3-2-8-14-23-15-17-10-4-5-11-18(17)20/h2-5,8-11,14H,6-7,12-13,15H2,1H3,(H,21,22)/b3-2-,14-8+,16-9+. The summed E-state index contributed by atoms with van der Waals surface area (Å²) in [5.74, 6) is 2.01. The van der Waals surface area contributed by atoms with Crippen molar-refractivity contribution in [2.75, 3.05) is 13.1 Å². The molecule has 0 aliphatic carbocycles. The number of nitrogens with zero attached hydrogens (tertiary/aromatic N) is 1. The van der Waals surface area contributed by atoms with Crippen molar-refractivity contribution in [3.8, 4) is 0 Å². The highest BCUT2D eigenvalue weighted by Crippen LogP contribution is 2.21. The summed E-state index contributed by atoms with van der Waals surface area (Å²) < 4.78 is 1.17. The molecule has 122 valence electrons. The molecule has 0 unspecified atom stereocenters. The Morgan fingerprint density at radius 3 is 3.00 bits per heavy atom. The summed E-state index contributed by atoms with van der Waals surface area (Å²) in [6.45, 7) is 4.06. The Morgan fingerprint density at radius 2 is 2.13 bits per heavy atom. The number of amidine groups is 1. The Balaban J connectivity index is 1.76. The molecule has 1 heterocycles. The average molecular weight is 391 g/mol. The molecule has 0 atom stereocenters. The molecule has 0 aromatic heterocycles. The first-order valence-corrected chi connectivity index (χ1v) is 9.75. The normalized spacial score (nSPS) is 16.4. The van der Waals surface area contributed by atoms with Crippen LogP contribution in [0.15, 0.2) is 69.0 Å². The number of hydrogen-bond acceptors (Lipinski definition) is 3. The summed E-state index contributed by atoms with van der Waals surface area (Å²) in [6, 6.07) is 8.34. The van der Waals surface area contributed by atoms with E-state index >= 15 is 0 Å². The van der Waals surface area contributed by atoms with Gasteiger partial charge >= 0.3 is 0 Å². The fraction of sp³-hybridized carbons (Fsp3) is 0.316. The van der Waals surface area contributed by atoms with Crippen LogP contribution in [0, 0.1) is 0 Å². The van der Waals surface area contributed by atoms with Crippen LogP contribution < -0.4 is 5.32 Å². The third kappa shape index (κ3) is 6.80. The highest BCUT2D eigenvalue weighted by molar-refractivity contribution is 9.10. The second-order valence-corrected chi connectivity index (χ2v) is 7.08. The number of benzene rings is 1. The van der Waals surface area contributed by atoms with Gasteiger partial charge in [0.15, 0.2) is 0 Å². The lowest BCUT2D eigenvalue weighted by molar-refractivity contribution is 0.749. The average Bonchev–Trinajstić information content (AvgIpc) is 2.84. The molecule has 4 heteroatoms. The van der Waals surface area contributed by atoms with Crippen molar-refractivity contribution in [2.24, 2.45) is 4.99 Å². The van der Waals surface area contributed by atoms with Gasteiger partial charge in [-0.2, -0.15) is 0 Å². The molecule has 0 amide bonds. The van der Waals surface area contributed by atoms with E-state index in [4.69, 9.17) is 0 Å². The highest BCUT2D eigenvalue weighted by Gasteiger charge is 2.03. The molecule has 23 heavy (non-hydrogen) atoms. The molecule has 0 radical (unpaired) electrons. The van der Waals surface area contributed by atoms with Gasteiger partial charge in [0.1, 0.15) is 5.84 Å². The third-order valence-electron chi connectivity index (χ3n) is 3.46. The summed E-state index contributed by atoms with van der Waals surface area (Å²) in [4.78, 5) is 4.57. The van der Waals surface area contributed by atoms with E-state index in [2.05, 4.69) is 81.1 Å². The third-order valence-corrected chi connectivity index (χ3v) is 5.06. The van der Waals surface area contributed by atoms with Crippen LogP contribution in [-0.2, 0) is 5.75 Å². The van der Waals surface area contributed by atoms with E-state index < -0.39 is 0 Å². The summed E-state index contributed by atoms with van der Waals surface area (Å²) in [6.07, 6.45) is 10.7. The highest BCUT2D eigenvalue weighted by atomic mass is 79.9. The SMILES string of the molecule is C\C(=C/C=C\C=C\SCc1ccccc1Br)C1=NCCCCN1. The van der Waals surface area contributed by atoms with Gasteiger partial charge in [0, 0.05) is 23.3 Å². The topological polar surface area (TPSA) is 24.4 Å². The first-order valence-electron chi connectivity index (χ1n) is 7.91. The van der Waals surface area contributed by atoms with Crippen LogP contribution >= 0.6 is 27.7 Å². The van der Waals surface area contributed by atoms with Crippen molar-refractivity contribution in [1.29, 1.82) is 0 Å². The number of allylic oxidation sites excluding steroid dienone is 4. The Hall–Kier alpha value is -1.26. The Morgan fingerprint density at radius 1 is 1.26 bits per heavy atom. The Bertz CT molecular complexity index is 618. The molecule has 1 aromatic carbocycles. The van der Waals surface area contributed by atoms with Crippen molar-refractivity contribution < 1.29 is 0 Å². The fourth-order valence-electron chi connectivity index (χ4n) is 2.15. The lowest BCUT2D eigenvalue weighted by Crippen LogP contribution is -2.23. The molecule has 1 aromatic rings. The molecule has 0 fully saturated rings. The van der Waals surface area contributed by atoms with E-state index in [0.717, 1.165) is 24.7 Å².